The fraction of sp³-hybridized carbons (Fsp3) is 0.429. The van der Waals surface area contributed by atoms with Gasteiger partial charge >= 0.3 is 0 Å². The van der Waals surface area contributed by atoms with Gasteiger partial charge in [0.1, 0.15) is 0 Å². The van der Waals surface area contributed by atoms with Crippen LogP contribution in [0, 0.1) is 20.8 Å². The largest absolute Gasteiger partial charge is 0.279 e. The molecule has 8 heteroatoms. The van der Waals surface area contributed by atoms with Crippen molar-refractivity contribution in [3.63, 3.8) is 0 Å². The van der Waals surface area contributed by atoms with Crippen LogP contribution in [0.15, 0.2) is 40.1 Å². The molecule has 160 valence electrons. The minimum atomic E-state index is -3.90. The second-order valence-corrected chi connectivity index (χ2v) is 12.3. The van der Waals surface area contributed by atoms with Crippen molar-refractivity contribution in [2.24, 2.45) is 0 Å². The van der Waals surface area contributed by atoms with Gasteiger partial charge in [0.05, 0.1) is 15.5 Å². The standard InChI is InChI=1S/C21H30N2O4S2/c1-14-9-10-18(29(26,27)23(7)8)13-19(14)22-28(24,25)20-15(2)11-17(12-16(20)3)21(4,5)6/h9-13,22H,1-8H3. The summed E-state index contributed by atoms with van der Waals surface area (Å²) in [6.07, 6.45) is 0. The molecule has 0 aliphatic heterocycles. The molecular formula is C21H30N2O4S2. The number of hydrogen-bond acceptors (Lipinski definition) is 4. The highest BCUT2D eigenvalue weighted by Crippen LogP contribution is 2.31. The summed E-state index contributed by atoms with van der Waals surface area (Å²) in [5.41, 5.74) is 3.13. The van der Waals surface area contributed by atoms with Crippen LogP contribution in [-0.4, -0.2) is 35.2 Å². The normalized spacial score (nSPS) is 13.0. The van der Waals surface area contributed by atoms with Crippen molar-refractivity contribution in [2.75, 3.05) is 18.8 Å². The first-order valence-corrected chi connectivity index (χ1v) is 12.2. The Morgan fingerprint density at radius 2 is 1.34 bits per heavy atom. The first kappa shape index (κ1) is 23.4. The third-order valence-electron chi connectivity index (χ3n) is 4.83. The Bertz CT molecular complexity index is 1120. The lowest BCUT2D eigenvalue weighted by Crippen LogP contribution is -2.23. The molecule has 29 heavy (non-hydrogen) atoms. The molecule has 2 rings (SSSR count). The highest BCUT2D eigenvalue weighted by atomic mass is 32.2. The van der Waals surface area contributed by atoms with E-state index < -0.39 is 20.0 Å². The third-order valence-corrected chi connectivity index (χ3v) is 8.31. The van der Waals surface area contributed by atoms with Gasteiger partial charge in [-0.2, -0.15) is 0 Å². The van der Waals surface area contributed by atoms with Crippen molar-refractivity contribution in [2.45, 2.75) is 56.7 Å². The van der Waals surface area contributed by atoms with E-state index in [1.165, 1.54) is 26.2 Å². The smallest absolute Gasteiger partial charge is 0.262 e. The lowest BCUT2D eigenvalue weighted by Gasteiger charge is -2.23. The van der Waals surface area contributed by atoms with Crippen LogP contribution < -0.4 is 4.72 Å². The molecule has 2 aromatic rings. The lowest BCUT2D eigenvalue weighted by atomic mass is 9.85. The van der Waals surface area contributed by atoms with Gasteiger partial charge in [-0.15, -0.1) is 0 Å². The Kier molecular flexibility index (Phi) is 6.24. The van der Waals surface area contributed by atoms with Crippen molar-refractivity contribution >= 4 is 25.7 Å². The fourth-order valence-electron chi connectivity index (χ4n) is 3.09. The molecule has 0 saturated heterocycles. The molecule has 0 fully saturated rings. The van der Waals surface area contributed by atoms with Crippen LogP contribution in [0.5, 0.6) is 0 Å². The number of nitrogens with one attached hydrogen (secondary N) is 1. The highest BCUT2D eigenvalue weighted by molar-refractivity contribution is 7.92. The molecule has 0 atom stereocenters. The topological polar surface area (TPSA) is 83.6 Å². The van der Waals surface area contributed by atoms with Gasteiger partial charge in [0, 0.05) is 14.1 Å². The summed E-state index contributed by atoms with van der Waals surface area (Å²) in [7, 11) is -4.71. The van der Waals surface area contributed by atoms with Crippen LogP contribution in [0.3, 0.4) is 0 Å². The zero-order valence-electron chi connectivity index (χ0n) is 18.3. The fourth-order valence-corrected chi connectivity index (χ4v) is 5.59. The second-order valence-electron chi connectivity index (χ2n) is 8.56. The van der Waals surface area contributed by atoms with Crippen LogP contribution in [0.4, 0.5) is 5.69 Å². The Morgan fingerprint density at radius 1 is 0.828 bits per heavy atom. The van der Waals surface area contributed by atoms with Crippen molar-refractivity contribution < 1.29 is 16.8 Å². The molecule has 0 radical (unpaired) electrons. The van der Waals surface area contributed by atoms with E-state index >= 15 is 0 Å². The number of aryl methyl sites for hydroxylation is 3. The molecule has 0 unspecified atom stereocenters. The zero-order chi connectivity index (χ0) is 22.4. The SMILES string of the molecule is Cc1ccc(S(=O)(=O)N(C)C)cc1NS(=O)(=O)c1c(C)cc(C(C)(C)C)cc1C. The van der Waals surface area contributed by atoms with E-state index in [0.29, 0.717) is 16.7 Å². The van der Waals surface area contributed by atoms with Crippen LogP contribution in [0.25, 0.3) is 0 Å². The average molecular weight is 439 g/mol. The quantitative estimate of drug-likeness (QED) is 0.766. The average Bonchev–Trinajstić information content (AvgIpc) is 2.54. The van der Waals surface area contributed by atoms with Crippen LogP contribution >= 0.6 is 0 Å². The number of nitrogens with zero attached hydrogens (tertiary/aromatic N) is 1. The van der Waals surface area contributed by atoms with E-state index in [4.69, 9.17) is 0 Å². The summed E-state index contributed by atoms with van der Waals surface area (Å²) in [5, 5.41) is 0. The number of sulfonamides is 2. The van der Waals surface area contributed by atoms with E-state index in [2.05, 4.69) is 25.5 Å². The molecule has 0 spiro atoms. The molecule has 0 saturated carbocycles. The molecule has 2 aromatic carbocycles. The molecule has 1 N–H and O–H groups in total. The van der Waals surface area contributed by atoms with Gasteiger partial charge in [0.2, 0.25) is 10.0 Å². The summed E-state index contributed by atoms with van der Waals surface area (Å²) in [5.74, 6) is 0. The van der Waals surface area contributed by atoms with Crippen LogP contribution in [0.2, 0.25) is 0 Å². The maximum Gasteiger partial charge on any atom is 0.262 e. The summed E-state index contributed by atoms with van der Waals surface area (Å²) < 4.78 is 54.9. The third kappa shape index (κ3) is 4.82. The molecule has 0 amide bonds. The predicted octanol–water partition coefficient (Wildman–Crippen LogP) is 3.96. The van der Waals surface area contributed by atoms with Gasteiger partial charge < -0.3 is 0 Å². The summed E-state index contributed by atoms with van der Waals surface area (Å²) in [6, 6.07) is 8.20. The molecule has 0 aliphatic carbocycles. The summed E-state index contributed by atoms with van der Waals surface area (Å²) in [4.78, 5) is 0.244. The van der Waals surface area contributed by atoms with Crippen molar-refractivity contribution in [1.82, 2.24) is 4.31 Å². The van der Waals surface area contributed by atoms with Crippen LogP contribution in [-0.2, 0) is 25.5 Å². The van der Waals surface area contributed by atoms with E-state index in [0.717, 1.165) is 9.87 Å². The predicted molar refractivity (Wildman–Crippen MR) is 117 cm³/mol. The van der Waals surface area contributed by atoms with Crippen molar-refractivity contribution in [3.8, 4) is 0 Å². The van der Waals surface area contributed by atoms with Gasteiger partial charge in [-0.25, -0.2) is 21.1 Å². The Labute approximate surface area is 175 Å². The zero-order valence-corrected chi connectivity index (χ0v) is 19.9. The summed E-state index contributed by atoms with van der Waals surface area (Å²) >= 11 is 0. The summed E-state index contributed by atoms with van der Waals surface area (Å²) in [6.45, 7) is 11.5. The van der Waals surface area contributed by atoms with Crippen molar-refractivity contribution in [1.29, 1.82) is 0 Å². The number of rotatable bonds is 5. The first-order valence-electron chi connectivity index (χ1n) is 9.25. The second kappa shape index (κ2) is 7.74. The minimum absolute atomic E-state index is 0.0299. The Hall–Kier alpha value is -1.90. The van der Waals surface area contributed by atoms with E-state index in [1.807, 2.05) is 12.1 Å². The number of anilines is 1. The number of hydrogen-bond donors (Lipinski definition) is 1. The molecule has 0 heterocycles. The maximum absolute atomic E-state index is 13.2. The molecule has 0 aromatic heterocycles. The molecule has 0 bridgehead atoms. The molecule has 0 aliphatic rings. The molecule has 6 nitrogen and oxygen atoms in total. The first-order chi connectivity index (χ1) is 13.1. The highest BCUT2D eigenvalue weighted by Gasteiger charge is 2.25. The lowest BCUT2D eigenvalue weighted by molar-refractivity contribution is 0.520. The van der Waals surface area contributed by atoms with Crippen LogP contribution in [0.1, 0.15) is 43.0 Å². The molecular weight excluding hydrogens is 408 g/mol. The monoisotopic (exact) mass is 438 g/mol. The maximum atomic E-state index is 13.2. The van der Waals surface area contributed by atoms with Gasteiger partial charge in [0.15, 0.2) is 0 Å². The Morgan fingerprint density at radius 3 is 1.79 bits per heavy atom. The van der Waals surface area contributed by atoms with Gasteiger partial charge in [-0.05, 0) is 60.6 Å². The van der Waals surface area contributed by atoms with E-state index in [1.54, 1.807) is 26.8 Å². The Balaban J connectivity index is 2.56. The van der Waals surface area contributed by atoms with E-state index in [-0.39, 0.29) is 20.9 Å². The minimum Gasteiger partial charge on any atom is -0.279 e. The number of benzene rings is 2. The van der Waals surface area contributed by atoms with E-state index in [9.17, 15) is 16.8 Å². The van der Waals surface area contributed by atoms with Gasteiger partial charge in [-0.1, -0.05) is 39.0 Å². The van der Waals surface area contributed by atoms with Gasteiger partial charge in [0.25, 0.3) is 10.0 Å². The van der Waals surface area contributed by atoms with Gasteiger partial charge in [-0.3, -0.25) is 4.72 Å². The van der Waals surface area contributed by atoms with Crippen molar-refractivity contribution in [3.05, 3.63) is 52.6 Å².